The number of oxazole rings is 1. The maximum absolute atomic E-state index is 13.5. The molecule has 0 radical (unpaired) electrons. The van der Waals surface area contributed by atoms with Crippen molar-refractivity contribution in [3.8, 4) is 12.3 Å². The van der Waals surface area contributed by atoms with E-state index in [9.17, 15) is 19.8 Å². The molecule has 2 fully saturated rings. The summed E-state index contributed by atoms with van der Waals surface area (Å²) in [5.41, 5.74) is -0.269. The van der Waals surface area contributed by atoms with Gasteiger partial charge in [-0.3, -0.25) is 9.59 Å². The van der Waals surface area contributed by atoms with Gasteiger partial charge in [0.25, 0.3) is 0 Å². The Labute approximate surface area is 219 Å². The Bertz CT molecular complexity index is 1050. The molecule has 8 heteroatoms. The Morgan fingerprint density at radius 2 is 2.00 bits per heavy atom. The topological polar surface area (TPSA) is 122 Å². The number of esters is 1. The van der Waals surface area contributed by atoms with Crippen LogP contribution in [0.5, 0.6) is 0 Å². The average Bonchev–Trinajstić information content (AvgIpc) is 3.27. The van der Waals surface area contributed by atoms with Gasteiger partial charge in [-0.1, -0.05) is 27.2 Å². The standard InChI is InChI=1S/C29H41NO7/c1-8-10-21-26(33)17(2)11-9-12-29(7)24(37-29)14-22(18(3)13-20-16-35-19(4)30-20)36-25(32)15-23(31)28(5,6)27(21)34/h1,13,16-17,21-24,26,31,33H,9-12,14-15H2,2-7H3. The molecule has 2 N–H and O–H groups in total. The largest absolute Gasteiger partial charge is 0.458 e. The van der Waals surface area contributed by atoms with Gasteiger partial charge in [0.05, 0.1) is 41.7 Å². The van der Waals surface area contributed by atoms with E-state index in [-0.39, 0.29) is 36.2 Å². The predicted octanol–water partition coefficient (Wildman–Crippen LogP) is 4.01. The highest BCUT2D eigenvalue weighted by Crippen LogP contribution is 2.45. The first-order valence-corrected chi connectivity index (χ1v) is 13.1. The number of aromatic nitrogens is 1. The molecule has 0 amide bonds. The van der Waals surface area contributed by atoms with Crippen LogP contribution in [0.3, 0.4) is 0 Å². The minimum atomic E-state index is -1.31. The van der Waals surface area contributed by atoms with Crippen LogP contribution < -0.4 is 0 Å². The van der Waals surface area contributed by atoms with Crippen molar-refractivity contribution in [3.63, 3.8) is 0 Å². The summed E-state index contributed by atoms with van der Waals surface area (Å²) >= 11 is 0. The van der Waals surface area contributed by atoms with E-state index in [1.165, 1.54) is 6.26 Å². The third kappa shape index (κ3) is 6.90. The molecular weight excluding hydrogens is 474 g/mol. The molecule has 7 unspecified atom stereocenters. The number of aliphatic hydroxyl groups is 2. The van der Waals surface area contributed by atoms with E-state index in [0.29, 0.717) is 24.4 Å². The highest BCUT2D eigenvalue weighted by atomic mass is 16.6. The van der Waals surface area contributed by atoms with Gasteiger partial charge in [0.2, 0.25) is 0 Å². The van der Waals surface area contributed by atoms with E-state index in [0.717, 1.165) is 18.4 Å². The maximum Gasteiger partial charge on any atom is 0.309 e. The van der Waals surface area contributed by atoms with E-state index in [4.69, 9.17) is 20.3 Å². The fourth-order valence-corrected chi connectivity index (χ4v) is 5.20. The second-order valence-corrected chi connectivity index (χ2v) is 11.5. The third-order valence-electron chi connectivity index (χ3n) is 8.09. The molecule has 7 atom stereocenters. The van der Waals surface area contributed by atoms with Crippen LogP contribution in [0.15, 0.2) is 16.3 Å². The maximum atomic E-state index is 13.5. The summed E-state index contributed by atoms with van der Waals surface area (Å²) in [6.45, 7) is 10.7. The van der Waals surface area contributed by atoms with Gasteiger partial charge < -0.3 is 24.1 Å². The summed E-state index contributed by atoms with van der Waals surface area (Å²) in [6, 6.07) is 0. The van der Waals surface area contributed by atoms with Crippen LogP contribution in [-0.2, 0) is 19.1 Å². The zero-order chi connectivity index (χ0) is 27.5. The van der Waals surface area contributed by atoms with Gasteiger partial charge in [-0.25, -0.2) is 4.98 Å². The molecule has 1 aromatic rings. The quantitative estimate of drug-likeness (QED) is 0.352. The summed E-state index contributed by atoms with van der Waals surface area (Å²) in [6.07, 6.45) is 8.35. The average molecular weight is 516 g/mol. The van der Waals surface area contributed by atoms with Crippen molar-refractivity contribution in [1.29, 1.82) is 0 Å². The van der Waals surface area contributed by atoms with Crippen molar-refractivity contribution in [2.24, 2.45) is 17.3 Å². The Balaban J connectivity index is 1.89. The number of nitrogens with zero attached hydrogens (tertiary/aromatic N) is 1. The fourth-order valence-electron chi connectivity index (χ4n) is 5.20. The molecular formula is C29H41NO7. The van der Waals surface area contributed by atoms with Gasteiger partial charge >= 0.3 is 5.97 Å². The molecule has 0 bridgehead atoms. The molecule has 0 aliphatic carbocycles. The second kappa shape index (κ2) is 11.5. The number of ether oxygens (including phenoxy) is 2. The molecule has 0 spiro atoms. The first-order valence-electron chi connectivity index (χ1n) is 13.1. The Morgan fingerprint density at radius 1 is 1.30 bits per heavy atom. The number of ketones is 1. The molecule has 37 heavy (non-hydrogen) atoms. The number of terminal acetylenes is 1. The fraction of sp³-hybridized carbons (Fsp3) is 0.690. The summed E-state index contributed by atoms with van der Waals surface area (Å²) in [4.78, 5) is 30.8. The van der Waals surface area contributed by atoms with E-state index < -0.39 is 35.6 Å². The Hall–Kier alpha value is -2.47. The number of epoxide rings is 1. The molecule has 0 aromatic carbocycles. The Morgan fingerprint density at radius 3 is 2.62 bits per heavy atom. The van der Waals surface area contributed by atoms with E-state index in [1.54, 1.807) is 20.8 Å². The minimum Gasteiger partial charge on any atom is -0.458 e. The van der Waals surface area contributed by atoms with E-state index in [2.05, 4.69) is 10.9 Å². The van der Waals surface area contributed by atoms with Crippen molar-refractivity contribution in [2.45, 2.75) is 110 Å². The van der Waals surface area contributed by atoms with Crippen molar-refractivity contribution in [3.05, 3.63) is 23.4 Å². The molecule has 3 rings (SSSR count). The molecule has 2 saturated heterocycles. The summed E-state index contributed by atoms with van der Waals surface area (Å²) in [7, 11) is 0. The number of rotatable bonds is 3. The predicted molar refractivity (Wildman–Crippen MR) is 138 cm³/mol. The number of hydrogen-bond acceptors (Lipinski definition) is 8. The zero-order valence-electron chi connectivity index (χ0n) is 22.8. The number of aliphatic hydroxyl groups excluding tert-OH is 2. The monoisotopic (exact) mass is 515 g/mol. The summed E-state index contributed by atoms with van der Waals surface area (Å²) in [5, 5.41) is 22.0. The lowest BCUT2D eigenvalue weighted by Crippen LogP contribution is -2.46. The smallest absolute Gasteiger partial charge is 0.309 e. The minimum absolute atomic E-state index is 0.0570. The lowest BCUT2D eigenvalue weighted by molar-refractivity contribution is -0.154. The zero-order valence-corrected chi connectivity index (χ0v) is 22.8. The molecule has 8 nitrogen and oxygen atoms in total. The third-order valence-corrected chi connectivity index (χ3v) is 8.09. The van der Waals surface area contributed by atoms with Gasteiger partial charge in [0, 0.05) is 19.8 Å². The van der Waals surface area contributed by atoms with Crippen molar-refractivity contribution >= 4 is 17.8 Å². The highest BCUT2D eigenvalue weighted by Gasteiger charge is 2.53. The van der Waals surface area contributed by atoms with Gasteiger partial charge in [0.1, 0.15) is 23.8 Å². The van der Waals surface area contributed by atoms with Crippen molar-refractivity contribution in [1.82, 2.24) is 4.98 Å². The van der Waals surface area contributed by atoms with Crippen LogP contribution in [0.4, 0.5) is 0 Å². The molecule has 2 aliphatic heterocycles. The first-order chi connectivity index (χ1) is 17.3. The lowest BCUT2D eigenvalue weighted by Gasteiger charge is -2.35. The number of fused-ring (bicyclic) bond motifs is 1. The van der Waals surface area contributed by atoms with Crippen LogP contribution in [0.1, 0.15) is 84.7 Å². The molecule has 3 heterocycles. The van der Waals surface area contributed by atoms with Crippen LogP contribution in [0.2, 0.25) is 0 Å². The van der Waals surface area contributed by atoms with E-state index in [1.807, 2.05) is 26.8 Å². The van der Waals surface area contributed by atoms with Crippen LogP contribution in [-0.4, -0.2) is 57.0 Å². The van der Waals surface area contributed by atoms with Crippen LogP contribution in [0, 0.1) is 36.5 Å². The molecule has 0 saturated carbocycles. The molecule has 1 aromatic heterocycles. The highest BCUT2D eigenvalue weighted by molar-refractivity contribution is 5.88. The van der Waals surface area contributed by atoms with Gasteiger partial charge in [-0.15, -0.1) is 12.3 Å². The molecule has 204 valence electrons. The number of carbonyl (C=O) groups is 2. The number of Topliss-reactive ketones (excluding diaryl/α,β-unsaturated/α-hetero) is 1. The first kappa shape index (κ1) is 29.1. The van der Waals surface area contributed by atoms with E-state index >= 15 is 0 Å². The van der Waals surface area contributed by atoms with Gasteiger partial charge in [-0.05, 0) is 44.3 Å². The van der Waals surface area contributed by atoms with Gasteiger partial charge in [-0.2, -0.15) is 0 Å². The van der Waals surface area contributed by atoms with Crippen molar-refractivity contribution < 1.29 is 33.7 Å². The number of aryl methyl sites for hydroxylation is 1. The number of cyclic esters (lactones) is 1. The summed E-state index contributed by atoms with van der Waals surface area (Å²) < 4.78 is 17.2. The van der Waals surface area contributed by atoms with Gasteiger partial charge in [0.15, 0.2) is 5.89 Å². The van der Waals surface area contributed by atoms with Crippen LogP contribution in [0.25, 0.3) is 6.08 Å². The number of hydrogen-bond donors (Lipinski definition) is 2. The second-order valence-electron chi connectivity index (χ2n) is 11.5. The normalized spacial score (nSPS) is 35.8. The lowest BCUT2D eigenvalue weighted by atomic mass is 9.71. The van der Waals surface area contributed by atoms with Crippen molar-refractivity contribution in [2.75, 3.05) is 0 Å². The molecule has 2 aliphatic rings. The SMILES string of the molecule is C#CCC1C(=O)C(C)(C)C(O)CC(=O)OC(C(C)=Cc2coc(C)n2)CC2OC2(C)CCCC(C)C1O. The van der Waals surface area contributed by atoms with Crippen LogP contribution >= 0.6 is 0 Å². The Kier molecular flexibility index (Phi) is 9.05. The summed E-state index contributed by atoms with van der Waals surface area (Å²) in [5.74, 6) is 1.05. The number of carbonyl (C=O) groups excluding carboxylic acids is 2.